The predicted molar refractivity (Wildman–Crippen MR) is 65.9 cm³/mol. The van der Waals surface area contributed by atoms with Gasteiger partial charge in [0.2, 0.25) is 5.91 Å². The van der Waals surface area contributed by atoms with Gasteiger partial charge in [0.25, 0.3) is 5.91 Å². The smallest absolute Gasteiger partial charge is 0.335 e. The zero-order valence-corrected chi connectivity index (χ0v) is 10.7. The molecular formula is C11H11ClN2O5. The molecule has 0 aromatic heterocycles. The molecule has 1 aromatic carbocycles. The fourth-order valence-electron chi connectivity index (χ4n) is 1.09. The first-order valence-corrected chi connectivity index (χ1v) is 5.49. The van der Waals surface area contributed by atoms with Crippen molar-refractivity contribution >= 4 is 29.4 Å². The average Bonchev–Trinajstić information content (AvgIpc) is 2.34. The number of rotatable bonds is 4. The molecule has 0 spiro atoms. The number of carbonyl (C=O) groups is 3. The van der Waals surface area contributed by atoms with Crippen LogP contribution in [0.25, 0.3) is 0 Å². The van der Waals surface area contributed by atoms with E-state index in [1.807, 2.05) is 0 Å². The Morgan fingerprint density at radius 1 is 1.32 bits per heavy atom. The number of carbonyl (C=O) groups excluding carboxylic acids is 2. The average molecular weight is 287 g/mol. The summed E-state index contributed by atoms with van der Waals surface area (Å²) in [6.07, 6.45) is 0. The number of hydrazine groups is 1. The highest BCUT2D eigenvalue weighted by Crippen LogP contribution is 2.25. The number of halogens is 1. The van der Waals surface area contributed by atoms with Crippen LogP contribution in [0.3, 0.4) is 0 Å². The summed E-state index contributed by atoms with van der Waals surface area (Å²) in [5, 5.41) is 8.81. The molecule has 0 heterocycles. The van der Waals surface area contributed by atoms with Crippen molar-refractivity contribution in [2.75, 3.05) is 6.61 Å². The van der Waals surface area contributed by atoms with E-state index in [2.05, 4.69) is 10.9 Å². The van der Waals surface area contributed by atoms with Gasteiger partial charge in [-0.2, -0.15) is 0 Å². The van der Waals surface area contributed by atoms with Crippen LogP contribution in [0.2, 0.25) is 5.02 Å². The van der Waals surface area contributed by atoms with E-state index >= 15 is 0 Å². The number of nitrogens with one attached hydrogen (secondary N) is 2. The molecule has 2 amide bonds. The zero-order chi connectivity index (χ0) is 14.4. The van der Waals surface area contributed by atoms with E-state index in [1.54, 1.807) is 0 Å². The number of carboxylic acids is 1. The second-order valence-corrected chi connectivity index (χ2v) is 3.88. The predicted octanol–water partition coefficient (Wildman–Crippen LogP) is 0.584. The van der Waals surface area contributed by atoms with Crippen molar-refractivity contribution in [3.05, 3.63) is 28.8 Å². The maximum absolute atomic E-state index is 11.2. The van der Waals surface area contributed by atoms with Crippen LogP contribution >= 0.6 is 11.6 Å². The number of hydrogen-bond acceptors (Lipinski definition) is 4. The lowest BCUT2D eigenvalue weighted by Crippen LogP contribution is -2.42. The standard InChI is InChI=1S/C11H11ClN2O5/c1-6(15)13-14-10(16)5-19-9-3-2-7(11(17)18)4-8(9)12/h2-4H,5H2,1H3,(H,13,15)(H,14,16)(H,17,18). The summed E-state index contributed by atoms with van der Waals surface area (Å²) in [5.41, 5.74) is 4.21. The highest BCUT2D eigenvalue weighted by atomic mass is 35.5. The molecule has 0 saturated heterocycles. The van der Waals surface area contributed by atoms with Gasteiger partial charge in [0.1, 0.15) is 5.75 Å². The monoisotopic (exact) mass is 286 g/mol. The van der Waals surface area contributed by atoms with Gasteiger partial charge in [-0.25, -0.2) is 4.79 Å². The Kier molecular flexibility index (Phi) is 5.13. The molecule has 7 nitrogen and oxygen atoms in total. The van der Waals surface area contributed by atoms with Crippen LogP contribution in [0.1, 0.15) is 17.3 Å². The van der Waals surface area contributed by atoms with Crippen molar-refractivity contribution < 1.29 is 24.2 Å². The van der Waals surface area contributed by atoms with Crippen LogP contribution in [0.15, 0.2) is 18.2 Å². The Morgan fingerprint density at radius 2 is 2.00 bits per heavy atom. The lowest BCUT2D eigenvalue weighted by Gasteiger charge is -2.09. The van der Waals surface area contributed by atoms with Gasteiger partial charge in [0.15, 0.2) is 6.61 Å². The van der Waals surface area contributed by atoms with Crippen LogP contribution in [0.5, 0.6) is 5.75 Å². The molecule has 1 rings (SSSR count). The molecule has 102 valence electrons. The summed E-state index contributed by atoms with van der Waals surface area (Å²) in [6, 6.07) is 3.86. The van der Waals surface area contributed by atoms with Crippen molar-refractivity contribution in [1.29, 1.82) is 0 Å². The SMILES string of the molecule is CC(=O)NNC(=O)COc1ccc(C(=O)O)cc1Cl. The summed E-state index contributed by atoms with van der Waals surface area (Å²) < 4.78 is 5.08. The van der Waals surface area contributed by atoms with Gasteiger partial charge in [-0.15, -0.1) is 0 Å². The van der Waals surface area contributed by atoms with Crippen LogP contribution in [0.4, 0.5) is 0 Å². The molecule has 19 heavy (non-hydrogen) atoms. The molecule has 0 atom stereocenters. The third kappa shape index (κ3) is 4.84. The largest absolute Gasteiger partial charge is 0.482 e. The molecule has 0 fully saturated rings. The second-order valence-electron chi connectivity index (χ2n) is 3.47. The lowest BCUT2D eigenvalue weighted by atomic mass is 10.2. The quantitative estimate of drug-likeness (QED) is 0.703. The van der Waals surface area contributed by atoms with Crippen LogP contribution in [-0.4, -0.2) is 29.5 Å². The third-order valence-corrected chi connectivity index (χ3v) is 2.21. The van der Waals surface area contributed by atoms with Gasteiger partial charge in [-0.05, 0) is 18.2 Å². The first-order valence-electron chi connectivity index (χ1n) is 5.11. The van der Waals surface area contributed by atoms with Crippen LogP contribution < -0.4 is 15.6 Å². The van der Waals surface area contributed by atoms with Gasteiger partial charge < -0.3 is 9.84 Å². The molecule has 0 aliphatic rings. The Labute approximate surface area is 113 Å². The molecule has 1 aromatic rings. The Bertz CT molecular complexity index is 518. The maximum atomic E-state index is 11.2. The number of hydrogen-bond donors (Lipinski definition) is 3. The minimum absolute atomic E-state index is 0.0139. The highest BCUT2D eigenvalue weighted by Gasteiger charge is 2.09. The van der Waals surface area contributed by atoms with E-state index < -0.39 is 17.8 Å². The van der Waals surface area contributed by atoms with E-state index in [9.17, 15) is 14.4 Å². The highest BCUT2D eigenvalue weighted by molar-refractivity contribution is 6.32. The van der Waals surface area contributed by atoms with E-state index in [4.69, 9.17) is 21.4 Å². The normalized spacial score (nSPS) is 9.58. The summed E-state index contributed by atoms with van der Waals surface area (Å²) in [4.78, 5) is 32.4. The van der Waals surface area contributed by atoms with Crippen molar-refractivity contribution in [3.63, 3.8) is 0 Å². The molecule has 0 aliphatic carbocycles. The van der Waals surface area contributed by atoms with Gasteiger partial charge in [-0.1, -0.05) is 11.6 Å². The van der Waals surface area contributed by atoms with E-state index in [1.165, 1.54) is 25.1 Å². The summed E-state index contributed by atoms with van der Waals surface area (Å²) >= 11 is 5.79. The molecule has 0 saturated carbocycles. The molecule has 0 unspecified atom stereocenters. The first kappa shape index (κ1) is 14.8. The molecule has 0 radical (unpaired) electrons. The van der Waals surface area contributed by atoms with E-state index in [0.29, 0.717) is 0 Å². The second kappa shape index (κ2) is 6.60. The van der Waals surface area contributed by atoms with Gasteiger partial charge >= 0.3 is 5.97 Å². The fourth-order valence-corrected chi connectivity index (χ4v) is 1.32. The van der Waals surface area contributed by atoms with Crippen molar-refractivity contribution in [2.45, 2.75) is 6.92 Å². The summed E-state index contributed by atoms with van der Waals surface area (Å²) in [5.74, 6) is -1.94. The maximum Gasteiger partial charge on any atom is 0.335 e. The van der Waals surface area contributed by atoms with Crippen LogP contribution in [-0.2, 0) is 9.59 Å². The molecule has 0 aliphatic heterocycles. The van der Waals surface area contributed by atoms with E-state index in [-0.39, 0.29) is 22.9 Å². The summed E-state index contributed by atoms with van der Waals surface area (Å²) in [6.45, 7) is 0.870. The third-order valence-electron chi connectivity index (χ3n) is 1.92. The van der Waals surface area contributed by atoms with Crippen molar-refractivity contribution in [2.24, 2.45) is 0 Å². The Hall–Kier alpha value is -2.28. The van der Waals surface area contributed by atoms with E-state index in [0.717, 1.165) is 0 Å². The Balaban J connectivity index is 2.56. The topological polar surface area (TPSA) is 105 Å². The number of amides is 2. The number of carboxylic acid groups (broad SMARTS) is 1. The molecule has 3 N–H and O–H groups in total. The van der Waals surface area contributed by atoms with Crippen molar-refractivity contribution in [3.8, 4) is 5.75 Å². The van der Waals surface area contributed by atoms with Crippen molar-refractivity contribution in [1.82, 2.24) is 10.9 Å². The Morgan fingerprint density at radius 3 is 2.53 bits per heavy atom. The summed E-state index contributed by atoms with van der Waals surface area (Å²) in [7, 11) is 0. The zero-order valence-electron chi connectivity index (χ0n) is 9.90. The molecule has 0 bridgehead atoms. The fraction of sp³-hybridized carbons (Fsp3) is 0.182. The number of benzene rings is 1. The number of aromatic carboxylic acids is 1. The molecule has 8 heteroatoms. The van der Waals surface area contributed by atoms with Gasteiger partial charge in [0.05, 0.1) is 10.6 Å². The minimum Gasteiger partial charge on any atom is -0.482 e. The van der Waals surface area contributed by atoms with Gasteiger partial charge in [0, 0.05) is 6.92 Å². The minimum atomic E-state index is -1.11. The first-order chi connectivity index (χ1) is 8.90. The lowest BCUT2D eigenvalue weighted by molar-refractivity contribution is -0.129. The van der Waals surface area contributed by atoms with Crippen LogP contribution in [0, 0.1) is 0 Å². The van der Waals surface area contributed by atoms with Gasteiger partial charge in [-0.3, -0.25) is 20.4 Å². The molecular weight excluding hydrogens is 276 g/mol. The number of ether oxygens (including phenoxy) is 1.